The van der Waals surface area contributed by atoms with Crippen LogP contribution in [0.2, 0.25) is 0 Å². The van der Waals surface area contributed by atoms with Crippen LogP contribution in [-0.4, -0.2) is 41.4 Å². The van der Waals surface area contributed by atoms with Crippen molar-refractivity contribution in [3.05, 3.63) is 34.1 Å². The summed E-state index contributed by atoms with van der Waals surface area (Å²) < 4.78 is 16.4. The summed E-state index contributed by atoms with van der Waals surface area (Å²) in [7, 11) is 0. The number of rotatable bonds is 6. The molecule has 0 saturated carbocycles. The summed E-state index contributed by atoms with van der Waals surface area (Å²) in [5.41, 5.74) is 3.43. The molecular weight excluding hydrogens is 318 g/mol. The average molecular weight is 337 g/mol. The Bertz CT molecular complexity index is 628. The van der Waals surface area contributed by atoms with Gasteiger partial charge < -0.3 is 19.3 Å². The second kappa shape index (κ2) is 7.67. The van der Waals surface area contributed by atoms with Crippen LogP contribution in [0.1, 0.15) is 23.6 Å². The molecule has 1 aliphatic heterocycles. The SMILES string of the molecule is Cc1cc(CC(=O)N[C@@H]2CCOC[C@H]2OCc2cscn2)on1. The predicted octanol–water partition coefficient (Wildman–Crippen LogP) is 1.47. The summed E-state index contributed by atoms with van der Waals surface area (Å²) in [4.78, 5) is 16.4. The normalized spacial score (nSPS) is 21.3. The van der Waals surface area contributed by atoms with Crippen molar-refractivity contribution in [3.8, 4) is 0 Å². The molecule has 23 heavy (non-hydrogen) atoms. The first-order valence-corrected chi connectivity index (χ1v) is 8.43. The zero-order chi connectivity index (χ0) is 16.1. The molecule has 3 rings (SSSR count). The molecule has 2 aromatic heterocycles. The first-order valence-electron chi connectivity index (χ1n) is 7.48. The van der Waals surface area contributed by atoms with Crippen molar-refractivity contribution in [2.75, 3.05) is 13.2 Å². The summed E-state index contributed by atoms with van der Waals surface area (Å²) in [6.07, 6.45) is 0.728. The van der Waals surface area contributed by atoms with Gasteiger partial charge in [-0.2, -0.15) is 0 Å². The topological polar surface area (TPSA) is 86.5 Å². The number of carbonyl (C=O) groups is 1. The van der Waals surface area contributed by atoms with Gasteiger partial charge in [-0.1, -0.05) is 5.16 Å². The fraction of sp³-hybridized carbons (Fsp3) is 0.533. The molecule has 124 valence electrons. The van der Waals surface area contributed by atoms with Crippen molar-refractivity contribution < 1.29 is 18.8 Å². The van der Waals surface area contributed by atoms with Gasteiger partial charge in [-0.3, -0.25) is 4.79 Å². The molecule has 0 bridgehead atoms. The monoisotopic (exact) mass is 337 g/mol. The Hall–Kier alpha value is -1.77. The van der Waals surface area contributed by atoms with E-state index in [1.54, 1.807) is 11.6 Å². The Kier molecular flexibility index (Phi) is 5.37. The minimum atomic E-state index is -0.175. The number of thiazole rings is 1. The Balaban J connectivity index is 1.52. The van der Waals surface area contributed by atoms with E-state index in [2.05, 4.69) is 15.5 Å². The van der Waals surface area contributed by atoms with Crippen LogP contribution >= 0.6 is 11.3 Å². The molecule has 3 heterocycles. The number of aryl methyl sites for hydroxylation is 1. The molecule has 0 spiro atoms. The lowest BCUT2D eigenvalue weighted by molar-refractivity contribution is -0.126. The lowest BCUT2D eigenvalue weighted by Crippen LogP contribution is -2.50. The lowest BCUT2D eigenvalue weighted by Gasteiger charge is -2.31. The number of nitrogens with zero attached hydrogens (tertiary/aromatic N) is 2. The lowest BCUT2D eigenvalue weighted by atomic mass is 10.1. The molecule has 8 heteroatoms. The average Bonchev–Trinajstić information content (AvgIpc) is 3.18. The summed E-state index contributed by atoms with van der Waals surface area (Å²) in [6.45, 7) is 3.33. The van der Waals surface area contributed by atoms with Gasteiger partial charge in [0.15, 0.2) is 0 Å². The van der Waals surface area contributed by atoms with E-state index in [1.165, 1.54) is 11.3 Å². The molecule has 1 amide bonds. The highest BCUT2D eigenvalue weighted by molar-refractivity contribution is 7.07. The number of ether oxygens (including phenoxy) is 2. The zero-order valence-electron chi connectivity index (χ0n) is 12.9. The molecule has 1 fully saturated rings. The Labute approximate surface area is 138 Å². The van der Waals surface area contributed by atoms with E-state index in [0.29, 0.717) is 25.6 Å². The summed E-state index contributed by atoms with van der Waals surface area (Å²) in [5.74, 6) is 0.460. The molecule has 1 aliphatic rings. The molecule has 2 aromatic rings. The van der Waals surface area contributed by atoms with Gasteiger partial charge in [-0.25, -0.2) is 4.98 Å². The van der Waals surface area contributed by atoms with Gasteiger partial charge in [-0.15, -0.1) is 11.3 Å². The quantitative estimate of drug-likeness (QED) is 0.859. The van der Waals surface area contributed by atoms with Crippen LogP contribution in [0.5, 0.6) is 0 Å². The maximum Gasteiger partial charge on any atom is 0.228 e. The van der Waals surface area contributed by atoms with E-state index in [-0.39, 0.29) is 24.5 Å². The second-order valence-corrected chi connectivity index (χ2v) is 6.20. The van der Waals surface area contributed by atoms with Gasteiger partial charge >= 0.3 is 0 Å². The van der Waals surface area contributed by atoms with Crippen LogP contribution in [0.3, 0.4) is 0 Å². The molecular formula is C15H19N3O4S. The highest BCUT2D eigenvalue weighted by atomic mass is 32.1. The number of nitrogens with one attached hydrogen (secondary N) is 1. The highest BCUT2D eigenvalue weighted by Crippen LogP contribution is 2.14. The molecule has 7 nitrogen and oxygen atoms in total. The van der Waals surface area contributed by atoms with Crippen LogP contribution in [0.15, 0.2) is 21.5 Å². The largest absolute Gasteiger partial charge is 0.379 e. The van der Waals surface area contributed by atoms with Gasteiger partial charge in [-0.05, 0) is 13.3 Å². The fourth-order valence-electron chi connectivity index (χ4n) is 2.46. The Morgan fingerprint density at radius 2 is 2.48 bits per heavy atom. The van der Waals surface area contributed by atoms with Crippen molar-refractivity contribution in [1.29, 1.82) is 0 Å². The first-order chi connectivity index (χ1) is 11.2. The fourth-order valence-corrected chi connectivity index (χ4v) is 3.00. The zero-order valence-corrected chi connectivity index (χ0v) is 13.7. The van der Waals surface area contributed by atoms with Crippen LogP contribution < -0.4 is 5.32 Å². The van der Waals surface area contributed by atoms with Crippen LogP contribution in [-0.2, 0) is 27.3 Å². The number of carbonyl (C=O) groups excluding carboxylic acids is 1. The van der Waals surface area contributed by atoms with Gasteiger partial charge in [0.05, 0.1) is 42.6 Å². The maximum atomic E-state index is 12.2. The van der Waals surface area contributed by atoms with Crippen molar-refractivity contribution in [1.82, 2.24) is 15.5 Å². The number of hydrogen-bond acceptors (Lipinski definition) is 7. The Morgan fingerprint density at radius 1 is 1.57 bits per heavy atom. The summed E-state index contributed by atoms with van der Waals surface area (Å²) >= 11 is 1.53. The first kappa shape index (κ1) is 16.1. The van der Waals surface area contributed by atoms with Crippen molar-refractivity contribution in [3.63, 3.8) is 0 Å². The summed E-state index contributed by atoms with van der Waals surface area (Å²) in [6, 6.07) is 1.69. The van der Waals surface area contributed by atoms with E-state index in [0.717, 1.165) is 17.8 Å². The van der Waals surface area contributed by atoms with Crippen molar-refractivity contribution in [2.24, 2.45) is 0 Å². The maximum absolute atomic E-state index is 12.2. The number of aromatic nitrogens is 2. The molecule has 2 atom stereocenters. The Morgan fingerprint density at radius 3 is 3.22 bits per heavy atom. The highest BCUT2D eigenvalue weighted by Gasteiger charge is 2.28. The van der Waals surface area contributed by atoms with Gasteiger partial charge in [0.1, 0.15) is 11.9 Å². The molecule has 0 aromatic carbocycles. The van der Waals surface area contributed by atoms with Gasteiger partial charge in [0, 0.05) is 18.1 Å². The predicted molar refractivity (Wildman–Crippen MR) is 83.0 cm³/mol. The van der Waals surface area contributed by atoms with E-state index in [4.69, 9.17) is 14.0 Å². The van der Waals surface area contributed by atoms with E-state index >= 15 is 0 Å². The summed E-state index contributed by atoms with van der Waals surface area (Å²) in [5, 5.41) is 8.74. The van der Waals surface area contributed by atoms with Gasteiger partial charge in [0.2, 0.25) is 5.91 Å². The van der Waals surface area contributed by atoms with Gasteiger partial charge in [0.25, 0.3) is 0 Å². The number of hydrogen-bond donors (Lipinski definition) is 1. The minimum absolute atomic E-state index is 0.0705. The smallest absolute Gasteiger partial charge is 0.228 e. The van der Waals surface area contributed by atoms with Crippen molar-refractivity contribution in [2.45, 2.75) is 38.5 Å². The van der Waals surface area contributed by atoms with E-state index < -0.39 is 0 Å². The minimum Gasteiger partial charge on any atom is -0.379 e. The standard InChI is InChI=1S/C15H19N3O4S/c1-10-4-12(22-18-10)5-15(19)17-13-2-3-20-7-14(13)21-6-11-8-23-9-16-11/h4,8-9,13-14H,2-3,5-7H2,1H3,(H,17,19)/t13-,14-/m1/s1. The third-order valence-electron chi connectivity index (χ3n) is 3.59. The van der Waals surface area contributed by atoms with Crippen molar-refractivity contribution >= 4 is 17.2 Å². The van der Waals surface area contributed by atoms with E-state index in [1.807, 2.05) is 12.3 Å². The van der Waals surface area contributed by atoms with Crippen LogP contribution in [0, 0.1) is 6.92 Å². The van der Waals surface area contributed by atoms with Crippen LogP contribution in [0.25, 0.3) is 0 Å². The molecule has 0 unspecified atom stereocenters. The molecule has 0 aliphatic carbocycles. The molecule has 1 N–H and O–H groups in total. The second-order valence-electron chi connectivity index (χ2n) is 5.48. The number of amides is 1. The third-order valence-corrected chi connectivity index (χ3v) is 4.23. The third kappa shape index (κ3) is 4.60. The molecule has 1 saturated heterocycles. The molecule has 0 radical (unpaired) electrons. The van der Waals surface area contributed by atoms with E-state index in [9.17, 15) is 4.79 Å². The van der Waals surface area contributed by atoms with Crippen LogP contribution in [0.4, 0.5) is 0 Å².